The van der Waals surface area contributed by atoms with E-state index in [9.17, 15) is 4.79 Å². The van der Waals surface area contributed by atoms with Crippen LogP contribution in [0.1, 0.15) is 41.2 Å². The molecule has 21 heavy (non-hydrogen) atoms. The summed E-state index contributed by atoms with van der Waals surface area (Å²) in [7, 11) is 0. The minimum absolute atomic E-state index is 0.307. The Morgan fingerprint density at radius 2 is 2.19 bits per heavy atom. The van der Waals surface area contributed by atoms with E-state index < -0.39 is 0 Å². The topological polar surface area (TPSA) is 74.5 Å². The fraction of sp³-hybridized carbons (Fsp3) is 0.714. The zero-order chi connectivity index (χ0) is 14.7. The third kappa shape index (κ3) is 3.60. The molecule has 1 aromatic rings. The first-order valence-corrected chi connectivity index (χ1v) is 8.56. The molecule has 1 aromatic heterocycles. The number of carbonyl (C=O) groups is 1. The number of nitrogens with zero attached hydrogens (tertiary/aromatic N) is 3. The average Bonchev–Trinajstić information content (AvgIpc) is 3.17. The second-order valence-electron chi connectivity index (χ2n) is 5.89. The highest BCUT2D eigenvalue weighted by Crippen LogP contribution is 2.22. The molecule has 0 spiro atoms. The minimum Gasteiger partial charge on any atom is -0.299 e. The summed E-state index contributed by atoms with van der Waals surface area (Å²) in [5, 5.41) is 2.40. The summed E-state index contributed by atoms with van der Waals surface area (Å²) in [6.45, 7) is 5.60. The number of nitrogens with one attached hydrogen (secondary N) is 1. The van der Waals surface area contributed by atoms with Crippen molar-refractivity contribution in [2.24, 2.45) is 5.84 Å². The number of piperidine rings is 1. The summed E-state index contributed by atoms with van der Waals surface area (Å²) in [4.78, 5) is 20.9. The summed E-state index contributed by atoms with van der Waals surface area (Å²) < 4.78 is 0. The lowest BCUT2D eigenvalue weighted by molar-refractivity contribution is 0.0953. The van der Waals surface area contributed by atoms with Gasteiger partial charge >= 0.3 is 0 Å². The Bertz CT molecular complexity index is 485. The SMILES string of the molecule is NNC(=O)c1nc(CN2CCC(N3CCCCC3)C2)cs1. The first-order chi connectivity index (χ1) is 10.3. The highest BCUT2D eigenvalue weighted by molar-refractivity contribution is 7.11. The molecule has 6 nitrogen and oxygen atoms in total. The monoisotopic (exact) mass is 309 g/mol. The van der Waals surface area contributed by atoms with Crippen molar-refractivity contribution in [3.63, 3.8) is 0 Å². The molecular weight excluding hydrogens is 286 g/mol. The van der Waals surface area contributed by atoms with Crippen LogP contribution in [0.4, 0.5) is 0 Å². The molecule has 0 radical (unpaired) electrons. The van der Waals surface area contributed by atoms with Crippen LogP contribution in [0, 0.1) is 0 Å². The molecule has 1 amide bonds. The molecule has 0 bridgehead atoms. The van der Waals surface area contributed by atoms with E-state index in [1.807, 2.05) is 5.38 Å². The molecule has 116 valence electrons. The fourth-order valence-corrected chi connectivity index (χ4v) is 4.02. The van der Waals surface area contributed by atoms with E-state index in [0.29, 0.717) is 11.0 Å². The number of aromatic nitrogens is 1. The highest BCUT2D eigenvalue weighted by atomic mass is 32.1. The summed E-state index contributed by atoms with van der Waals surface area (Å²) >= 11 is 1.35. The predicted octanol–water partition coefficient (Wildman–Crippen LogP) is 0.807. The van der Waals surface area contributed by atoms with Crippen molar-refractivity contribution in [3.05, 3.63) is 16.1 Å². The second-order valence-corrected chi connectivity index (χ2v) is 6.75. The summed E-state index contributed by atoms with van der Waals surface area (Å²) in [6, 6.07) is 0.704. The van der Waals surface area contributed by atoms with Crippen LogP contribution in [0.15, 0.2) is 5.38 Å². The molecule has 3 N–H and O–H groups in total. The van der Waals surface area contributed by atoms with Crippen LogP contribution in [0.5, 0.6) is 0 Å². The van der Waals surface area contributed by atoms with E-state index in [4.69, 9.17) is 5.84 Å². The fourth-order valence-electron chi connectivity index (χ4n) is 3.31. The Hall–Kier alpha value is -1.02. The number of amides is 1. The van der Waals surface area contributed by atoms with Crippen LogP contribution in [0.2, 0.25) is 0 Å². The third-order valence-electron chi connectivity index (χ3n) is 4.42. The summed E-state index contributed by atoms with van der Waals surface area (Å²) in [6.07, 6.45) is 5.33. The van der Waals surface area contributed by atoms with Gasteiger partial charge in [0.25, 0.3) is 5.91 Å². The average molecular weight is 309 g/mol. The van der Waals surface area contributed by atoms with Crippen molar-refractivity contribution >= 4 is 17.2 Å². The predicted molar refractivity (Wildman–Crippen MR) is 82.9 cm³/mol. The molecular formula is C14H23N5OS. The van der Waals surface area contributed by atoms with Gasteiger partial charge in [-0.1, -0.05) is 6.42 Å². The Morgan fingerprint density at radius 3 is 2.95 bits per heavy atom. The van der Waals surface area contributed by atoms with Crippen molar-refractivity contribution in [2.75, 3.05) is 26.2 Å². The first-order valence-electron chi connectivity index (χ1n) is 7.68. The molecule has 2 saturated heterocycles. The van der Waals surface area contributed by atoms with Gasteiger partial charge in [0.15, 0.2) is 5.01 Å². The summed E-state index contributed by atoms with van der Waals surface area (Å²) in [5.74, 6) is 4.82. The maximum Gasteiger partial charge on any atom is 0.294 e. The number of hydrogen-bond acceptors (Lipinski definition) is 6. The van der Waals surface area contributed by atoms with Crippen LogP contribution in [-0.2, 0) is 6.54 Å². The van der Waals surface area contributed by atoms with Crippen molar-refractivity contribution in [1.29, 1.82) is 0 Å². The van der Waals surface area contributed by atoms with E-state index >= 15 is 0 Å². The maximum atomic E-state index is 11.4. The van der Waals surface area contributed by atoms with Gasteiger partial charge in [-0.3, -0.25) is 20.0 Å². The Morgan fingerprint density at radius 1 is 1.38 bits per heavy atom. The van der Waals surface area contributed by atoms with E-state index in [2.05, 4.69) is 20.2 Å². The van der Waals surface area contributed by atoms with Crippen LogP contribution < -0.4 is 11.3 Å². The number of hydrazine groups is 1. The molecule has 0 saturated carbocycles. The van der Waals surface area contributed by atoms with Crippen LogP contribution in [0.25, 0.3) is 0 Å². The largest absolute Gasteiger partial charge is 0.299 e. The van der Waals surface area contributed by atoms with Crippen molar-refractivity contribution in [1.82, 2.24) is 20.2 Å². The van der Waals surface area contributed by atoms with Crippen molar-refractivity contribution in [2.45, 2.75) is 38.3 Å². The molecule has 7 heteroatoms. The number of nitrogen functional groups attached to an aromatic ring is 1. The molecule has 2 aliphatic rings. The molecule has 3 rings (SSSR count). The normalized spacial score (nSPS) is 24.3. The third-order valence-corrected chi connectivity index (χ3v) is 5.31. The van der Waals surface area contributed by atoms with Gasteiger partial charge in [0.05, 0.1) is 5.69 Å². The van der Waals surface area contributed by atoms with Gasteiger partial charge in [-0.2, -0.15) is 0 Å². The van der Waals surface area contributed by atoms with Crippen LogP contribution >= 0.6 is 11.3 Å². The molecule has 2 aliphatic heterocycles. The quantitative estimate of drug-likeness (QED) is 0.489. The summed E-state index contributed by atoms with van der Waals surface area (Å²) in [5.41, 5.74) is 3.10. The lowest BCUT2D eigenvalue weighted by atomic mass is 10.1. The zero-order valence-electron chi connectivity index (χ0n) is 12.3. The van der Waals surface area contributed by atoms with E-state index in [0.717, 1.165) is 25.3 Å². The van der Waals surface area contributed by atoms with Gasteiger partial charge < -0.3 is 0 Å². The van der Waals surface area contributed by atoms with Crippen LogP contribution in [-0.4, -0.2) is 52.9 Å². The zero-order valence-corrected chi connectivity index (χ0v) is 13.1. The molecule has 2 fully saturated rings. The first kappa shape index (κ1) is 14.9. The molecule has 0 aromatic carbocycles. The smallest absolute Gasteiger partial charge is 0.294 e. The van der Waals surface area contributed by atoms with E-state index in [1.54, 1.807) is 0 Å². The highest BCUT2D eigenvalue weighted by Gasteiger charge is 2.28. The Balaban J connectivity index is 1.52. The van der Waals surface area contributed by atoms with Crippen LogP contribution in [0.3, 0.4) is 0 Å². The van der Waals surface area contributed by atoms with Gasteiger partial charge in [-0.05, 0) is 32.4 Å². The van der Waals surface area contributed by atoms with Gasteiger partial charge in [0.1, 0.15) is 0 Å². The number of carbonyl (C=O) groups excluding carboxylic acids is 1. The van der Waals surface area contributed by atoms with E-state index in [1.165, 1.54) is 50.1 Å². The van der Waals surface area contributed by atoms with E-state index in [-0.39, 0.29) is 5.91 Å². The Labute approximate surface area is 129 Å². The van der Waals surface area contributed by atoms with Crippen molar-refractivity contribution < 1.29 is 4.79 Å². The maximum absolute atomic E-state index is 11.4. The molecule has 3 heterocycles. The number of nitrogens with two attached hydrogens (primary N) is 1. The Kier molecular flexibility index (Phi) is 4.84. The number of likely N-dealkylation sites (tertiary alicyclic amines) is 2. The standard InChI is InChI=1S/C14H23N5OS/c15-17-13(20)14-16-11(10-21-14)8-18-7-4-12(9-18)19-5-2-1-3-6-19/h10,12H,1-9,15H2,(H,17,20). The number of hydrogen-bond donors (Lipinski definition) is 2. The lowest BCUT2D eigenvalue weighted by Crippen LogP contribution is -2.40. The number of thiazole rings is 1. The molecule has 1 unspecified atom stereocenters. The second kappa shape index (κ2) is 6.83. The lowest BCUT2D eigenvalue weighted by Gasteiger charge is -2.32. The van der Waals surface area contributed by atoms with Crippen molar-refractivity contribution in [3.8, 4) is 0 Å². The van der Waals surface area contributed by atoms with Gasteiger partial charge in [-0.15, -0.1) is 11.3 Å². The van der Waals surface area contributed by atoms with Gasteiger partial charge in [0.2, 0.25) is 0 Å². The van der Waals surface area contributed by atoms with Gasteiger partial charge in [0, 0.05) is 31.1 Å². The van der Waals surface area contributed by atoms with Gasteiger partial charge in [-0.25, -0.2) is 10.8 Å². The number of rotatable bonds is 4. The molecule has 0 aliphatic carbocycles. The molecule has 1 atom stereocenters. The minimum atomic E-state index is -0.307.